The van der Waals surface area contributed by atoms with Crippen LogP contribution in [-0.2, 0) is 0 Å². The minimum Gasteiger partial charge on any atom is -0.409 e. The summed E-state index contributed by atoms with van der Waals surface area (Å²) in [6.45, 7) is 1.89. The second kappa shape index (κ2) is 6.02. The number of rotatable bonds is 2. The van der Waals surface area contributed by atoms with E-state index in [9.17, 15) is 4.79 Å². The number of hydrogen-bond donors (Lipinski definition) is 2. The molecule has 1 aliphatic heterocycles. The van der Waals surface area contributed by atoms with Gasteiger partial charge in [-0.2, -0.15) is 0 Å². The first-order valence-electron chi connectivity index (χ1n) is 5.69. The number of amides is 1. The maximum absolute atomic E-state index is 11.7. The van der Waals surface area contributed by atoms with Crippen LogP contribution in [0.3, 0.4) is 0 Å². The molecule has 2 N–H and O–H groups in total. The van der Waals surface area contributed by atoms with E-state index >= 15 is 0 Å². The van der Waals surface area contributed by atoms with Crippen molar-refractivity contribution < 1.29 is 9.53 Å². The number of benzene rings is 1. The lowest BCUT2D eigenvalue weighted by Gasteiger charge is -2.23. The predicted octanol–water partition coefficient (Wildman–Crippen LogP) is 2.29. The predicted molar refractivity (Wildman–Crippen MR) is 69.2 cm³/mol. The van der Waals surface area contributed by atoms with Gasteiger partial charge in [-0.05, 0) is 54.0 Å². The fraction of sp³-hybridized carbons (Fsp3) is 0.417. The van der Waals surface area contributed by atoms with E-state index in [1.807, 2.05) is 18.2 Å². The second-order valence-electron chi connectivity index (χ2n) is 3.99. The Morgan fingerprint density at radius 1 is 1.35 bits per heavy atom. The lowest BCUT2D eigenvalue weighted by atomic mass is 10.1. The molecule has 0 atom stereocenters. The van der Waals surface area contributed by atoms with Gasteiger partial charge in [0.05, 0.1) is 4.47 Å². The van der Waals surface area contributed by atoms with Crippen LogP contribution in [0.2, 0.25) is 0 Å². The van der Waals surface area contributed by atoms with Gasteiger partial charge in [0.15, 0.2) is 0 Å². The van der Waals surface area contributed by atoms with Crippen LogP contribution in [0.1, 0.15) is 12.8 Å². The maximum Gasteiger partial charge on any atom is 0.412 e. The maximum atomic E-state index is 11.7. The number of carbonyl (C=O) groups excluding carboxylic acids is 1. The highest BCUT2D eigenvalue weighted by atomic mass is 79.9. The third-order valence-electron chi connectivity index (χ3n) is 2.70. The number of para-hydroxylation sites is 1. The Kier molecular flexibility index (Phi) is 4.39. The number of hydrogen-bond acceptors (Lipinski definition) is 3. The molecule has 5 heteroatoms. The normalized spacial score (nSPS) is 16.5. The molecule has 0 saturated carbocycles. The van der Waals surface area contributed by atoms with E-state index < -0.39 is 0 Å². The summed E-state index contributed by atoms with van der Waals surface area (Å²) >= 11 is 3.33. The van der Waals surface area contributed by atoms with E-state index in [4.69, 9.17) is 4.74 Å². The summed E-state index contributed by atoms with van der Waals surface area (Å²) in [6.07, 6.45) is 1.51. The molecule has 1 heterocycles. The molecular weight excluding hydrogens is 284 g/mol. The third kappa shape index (κ3) is 3.71. The molecule has 4 nitrogen and oxygen atoms in total. The molecule has 0 unspecified atom stereocenters. The van der Waals surface area contributed by atoms with Gasteiger partial charge in [0.1, 0.15) is 5.75 Å². The zero-order valence-electron chi connectivity index (χ0n) is 9.41. The van der Waals surface area contributed by atoms with Crippen LogP contribution in [0.5, 0.6) is 5.75 Å². The summed E-state index contributed by atoms with van der Waals surface area (Å²) in [5.41, 5.74) is 0. The Labute approximate surface area is 109 Å². The molecule has 1 fully saturated rings. The molecule has 0 bridgehead atoms. The van der Waals surface area contributed by atoms with Crippen LogP contribution >= 0.6 is 15.9 Å². The van der Waals surface area contributed by atoms with Gasteiger partial charge in [-0.3, -0.25) is 0 Å². The second-order valence-corrected chi connectivity index (χ2v) is 4.84. The van der Waals surface area contributed by atoms with Crippen LogP contribution in [0, 0.1) is 0 Å². The van der Waals surface area contributed by atoms with Crippen molar-refractivity contribution in [3.8, 4) is 5.75 Å². The van der Waals surface area contributed by atoms with Gasteiger partial charge in [-0.1, -0.05) is 12.1 Å². The minimum absolute atomic E-state index is 0.214. The van der Waals surface area contributed by atoms with Crippen LogP contribution < -0.4 is 15.4 Å². The standard InChI is InChI=1S/C12H15BrN2O2/c13-10-3-1-2-4-11(10)17-12(16)15-9-5-7-14-8-6-9/h1-4,9,14H,5-8H2,(H,15,16). The first-order valence-corrected chi connectivity index (χ1v) is 6.48. The molecule has 0 spiro atoms. The third-order valence-corrected chi connectivity index (χ3v) is 3.36. The van der Waals surface area contributed by atoms with E-state index in [0.717, 1.165) is 30.4 Å². The number of nitrogens with one attached hydrogen (secondary N) is 2. The molecule has 1 aromatic carbocycles. The molecule has 92 valence electrons. The highest BCUT2D eigenvalue weighted by molar-refractivity contribution is 9.10. The van der Waals surface area contributed by atoms with Gasteiger partial charge in [0.25, 0.3) is 0 Å². The molecule has 1 amide bonds. The van der Waals surface area contributed by atoms with Crippen molar-refractivity contribution in [1.29, 1.82) is 0 Å². The Bertz CT molecular complexity index is 392. The Hall–Kier alpha value is -1.07. The van der Waals surface area contributed by atoms with Gasteiger partial charge in [0.2, 0.25) is 0 Å². The van der Waals surface area contributed by atoms with Crippen LogP contribution in [-0.4, -0.2) is 25.2 Å². The first kappa shape index (κ1) is 12.4. The summed E-state index contributed by atoms with van der Waals surface area (Å²) in [5.74, 6) is 0.541. The molecule has 1 aliphatic rings. The first-order chi connectivity index (χ1) is 8.25. The van der Waals surface area contributed by atoms with Gasteiger partial charge in [0, 0.05) is 6.04 Å². The monoisotopic (exact) mass is 298 g/mol. The number of ether oxygens (including phenoxy) is 1. The van der Waals surface area contributed by atoms with Crippen molar-refractivity contribution in [2.75, 3.05) is 13.1 Å². The van der Waals surface area contributed by atoms with Crippen molar-refractivity contribution in [2.45, 2.75) is 18.9 Å². The Morgan fingerprint density at radius 2 is 2.06 bits per heavy atom. The van der Waals surface area contributed by atoms with Crippen molar-refractivity contribution in [3.05, 3.63) is 28.7 Å². The van der Waals surface area contributed by atoms with E-state index in [1.54, 1.807) is 6.07 Å². The topological polar surface area (TPSA) is 50.4 Å². The van der Waals surface area contributed by atoms with Gasteiger partial charge < -0.3 is 15.4 Å². The van der Waals surface area contributed by atoms with E-state index in [2.05, 4.69) is 26.6 Å². The minimum atomic E-state index is -0.385. The SMILES string of the molecule is O=C(NC1CCNCC1)Oc1ccccc1Br. The molecule has 1 aromatic rings. The Morgan fingerprint density at radius 3 is 2.76 bits per heavy atom. The number of piperidine rings is 1. The van der Waals surface area contributed by atoms with Crippen molar-refractivity contribution in [2.24, 2.45) is 0 Å². The summed E-state index contributed by atoms with van der Waals surface area (Å²) in [6, 6.07) is 7.52. The molecule has 1 saturated heterocycles. The molecule has 0 radical (unpaired) electrons. The quantitative estimate of drug-likeness (QED) is 0.881. The Balaban J connectivity index is 1.86. The summed E-state index contributed by atoms with van der Waals surface area (Å²) < 4.78 is 6.01. The largest absolute Gasteiger partial charge is 0.412 e. The van der Waals surface area contributed by atoms with Gasteiger partial charge in [-0.25, -0.2) is 4.79 Å². The van der Waals surface area contributed by atoms with Gasteiger partial charge in [-0.15, -0.1) is 0 Å². The molecular formula is C12H15BrN2O2. The molecule has 0 aliphatic carbocycles. The van der Waals surface area contributed by atoms with Crippen molar-refractivity contribution in [3.63, 3.8) is 0 Å². The zero-order chi connectivity index (χ0) is 12.1. The highest BCUT2D eigenvalue weighted by Crippen LogP contribution is 2.23. The summed E-state index contributed by atoms with van der Waals surface area (Å²) in [4.78, 5) is 11.7. The smallest absolute Gasteiger partial charge is 0.409 e. The summed E-state index contributed by atoms with van der Waals surface area (Å²) in [5, 5.41) is 6.12. The van der Waals surface area contributed by atoms with Crippen molar-refractivity contribution in [1.82, 2.24) is 10.6 Å². The van der Waals surface area contributed by atoms with Crippen LogP contribution in [0.15, 0.2) is 28.7 Å². The van der Waals surface area contributed by atoms with E-state index in [0.29, 0.717) is 5.75 Å². The molecule has 0 aromatic heterocycles. The average molecular weight is 299 g/mol. The van der Waals surface area contributed by atoms with E-state index in [-0.39, 0.29) is 12.1 Å². The lowest BCUT2D eigenvalue weighted by Crippen LogP contribution is -2.43. The highest BCUT2D eigenvalue weighted by Gasteiger charge is 2.16. The number of carbonyl (C=O) groups is 1. The fourth-order valence-electron chi connectivity index (χ4n) is 1.79. The summed E-state index contributed by atoms with van der Waals surface area (Å²) in [7, 11) is 0. The zero-order valence-corrected chi connectivity index (χ0v) is 11.0. The molecule has 17 heavy (non-hydrogen) atoms. The number of halogens is 1. The molecule has 2 rings (SSSR count). The van der Waals surface area contributed by atoms with Crippen LogP contribution in [0.25, 0.3) is 0 Å². The average Bonchev–Trinajstić information content (AvgIpc) is 2.33. The van der Waals surface area contributed by atoms with Crippen LogP contribution in [0.4, 0.5) is 4.79 Å². The van der Waals surface area contributed by atoms with Crippen molar-refractivity contribution >= 4 is 22.0 Å². The van der Waals surface area contributed by atoms with Gasteiger partial charge >= 0.3 is 6.09 Å². The lowest BCUT2D eigenvalue weighted by molar-refractivity contribution is 0.192. The van der Waals surface area contributed by atoms with E-state index in [1.165, 1.54) is 0 Å². The fourth-order valence-corrected chi connectivity index (χ4v) is 2.16.